The lowest BCUT2D eigenvalue weighted by atomic mass is 9.64. The van der Waals surface area contributed by atoms with E-state index in [1.54, 1.807) is 0 Å². The molecule has 0 aliphatic carbocycles. The van der Waals surface area contributed by atoms with E-state index in [0.717, 1.165) is 49.9 Å². The Morgan fingerprint density at radius 1 is 1.20 bits per heavy atom. The molecule has 2 aromatic rings. The largest absolute Gasteiger partial charge is 0.487 e. The Morgan fingerprint density at radius 2 is 2.00 bits per heavy atom. The van der Waals surface area contributed by atoms with Crippen molar-refractivity contribution in [3.8, 4) is 5.75 Å². The molecule has 0 N–H and O–H groups in total. The fourth-order valence-electron chi connectivity index (χ4n) is 5.61. The molecular formula is C24H32ClN3O2. The number of hydrogen-bond donors (Lipinski definition) is 0. The number of piperidine rings is 1. The summed E-state index contributed by atoms with van der Waals surface area (Å²) < 4.78 is 15.3. The molecule has 1 aromatic heterocycles. The van der Waals surface area contributed by atoms with E-state index in [4.69, 9.17) is 21.1 Å². The normalized spacial score (nSPS) is 27.3. The number of nitrogens with zero attached hydrogens (tertiary/aromatic N) is 3. The number of aryl methyl sites for hydroxylation is 1. The summed E-state index contributed by atoms with van der Waals surface area (Å²) >= 11 is 6.21. The summed E-state index contributed by atoms with van der Waals surface area (Å²) in [6.45, 7) is 11.7. The van der Waals surface area contributed by atoms with E-state index >= 15 is 0 Å². The van der Waals surface area contributed by atoms with Crippen LogP contribution < -0.4 is 4.74 Å². The highest BCUT2D eigenvalue weighted by Gasteiger charge is 2.52. The van der Waals surface area contributed by atoms with Crippen molar-refractivity contribution in [3.05, 3.63) is 47.0 Å². The van der Waals surface area contributed by atoms with Gasteiger partial charge in [-0.1, -0.05) is 17.7 Å². The van der Waals surface area contributed by atoms with Crippen LogP contribution >= 0.6 is 11.6 Å². The summed E-state index contributed by atoms with van der Waals surface area (Å²) in [5.41, 5.74) is 1.17. The van der Waals surface area contributed by atoms with Gasteiger partial charge in [0.15, 0.2) is 0 Å². The molecule has 4 heterocycles. The van der Waals surface area contributed by atoms with Gasteiger partial charge in [-0.2, -0.15) is 0 Å². The Hall–Kier alpha value is -1.56. The third-order valence-electron chi connectivity index (χ3n) is 7.63. The lowest BCUT2D eigenvalue weighted by Gasteiger charge is -2.54. The van der Waals surface area contributed by atoms with Crippen molar-refractivity contribution in [2.75, 3.05) is 26.2 Å². The number of ether oxygens (including phenoxy) is 2. The molecule has 0 radical (unpaired) electrons. The van der Waals surface area contributed by atoms with E-state index in [9.17, 15) is 0 Å². The van der Waals surface area contributed by atoms with Gasteiger partial charge < -0.3 is 18.9 Å². The second kappa shape index (κ2) is 7.54. The van der Waals surface area contributed by atoms with Crippen LogP contribution in [0.15, 0.2) is 30.6 Å². The van der Waals surface area contributed by atoms with Gasteiger partial charge in [-0.3, -0.25) is 0 Å². The summed E-state index contributed by atoms with van der Waals surface area (Å²) in [5, 5.41) is 0.716. The Labute approximate surface area is 184 Å². The highest BCUT2D eigenvalue weighted by atomic mass is 35.5. The van der Waals surface area contributed by atoms with Crippen LogP contribution in [-0.2, 0) is 11.3 Å². The summed E-state index contributed by atoms with van der Waals surface area (Å²) in [6, 6.07) is 5.97. The first-order chi connectivity index (χ1) is 14.4. The second-order valence-electron chi connectivity index (χ2n) is 9.94. The minimum atomic E-state index is -0.258. The maximum Gasteiger partial charge on any atom is 0.127 e. The van der Waals surface area contributed by atoms with Crippen molar-refractivity contribution in [2.24, 2.45) is 11.3 Å². The molecule has 2 atom stereocenters. The lowest BCUT2D eigenvalue weighted by Crippen LogP contribution is -2.54. The first kappa shape index (κ1) is 20.3. The van der Waals surface area contributed by atoms with Gasteiger partial charge in [0.25, 0.3) is 0 Å². The van der Waals surface area contributed by atoms with E-state index in [-0.39, 0.29) is 17.1 Å². The van der Waals surface area contributed by atoms with Crippen molar-refractivity contribution in [3.63, 3.8) is 0 Å². The molecule has 1 spiro atoms. The first-order valence-electron chi connectivity index (χ1n) is 11.2. The number of fused-ring (bicyclic) bond motifs is 3. The van der Waals surface area contributed by atoms with Crippen molar-refractivity contribution >= 4 is 11.6 Å². The Kier molecular flexibility index (Phi) is 5.11. The van der Waals surface area contributed by atoms with E-state index in [2.05, 4.69) is 47.5 Å². The highest BCUT2D eigenvalue weighted by Crippen LogP contribution is 2.55. The third kappa shape index (κ3) is 3.65. The standard InChI is InChI=1S/C24H32ClN3O2/c1-17-26-8-11-28(17)13-12-27-9-6-24(7-10-27)15-20-22(29-16-24)19-5-4-18(25)14-21(19)30-23(20,2)3/h4-5,8,11,14,20,22H,6-7,9-10,12-13,15-16H2,1-3H3. The first-order valence-corrected chi connectivity index (χ1v) is 11.5. The third-order valence-corrected chi connectivity index (χ3v) is 7.87. The van der Waals surface area contributed by atoms with Crippen LogP contribution in [0, 0.1) is 18.3 Å². The molecule has 3 aliphatic heterocycles. The summed E-state index contributed by atoms with van der Waals surface area (Å²) in [7, 11) is 0. The van der Waals surface area contributed by atoms with Crippen LogP contribution in [0.5, 0.6) is 5.75 Å². The van der Waals surface area contributed by atoms with Gasteiger partial charge in [0, 0.05) is 42.0 Å². The van der Waals surface area contributed by atoms with Crippen LogP contribution in [0.25, 0.3) is 0 Å². The fourth-order valence-corrected chi connectivity index (χ4v) is 5.77. The minimum Gasteiger partial charge on any atom is -0.487 e. The SMILES string of the molecule is Cc1nccn1CCN1CCC2(CC1)COC1c3ccc(Cl)cc3OC(C)(C)C1C2. The van der Waals surface area contributed by atoms with Crippen LogP contribution in [0.1, 0.15) is 50.6 Å². The molecule has 0 saturated carbocycles. The van der Waals surface area contributed by atoms with Gasteiger partial charge in [0.2, 0.25) is 0 Å². The zero-order valence-electron chi connectivity index (χ0n) is 18.2. The number of benzene rings is 1. The zero-order chi connectivity index (χ0) is 20.9. The predicted molar refractivity (Wildman–Crippen MR) is 118 cm³/mol. The van der Waals surface area contributed by atoms with Crippen molar-refractivity contribution < 1.29 is 9.47 Å². The maximum atomic E-state index is 6.59. The maximum absolute atomic E-state index is 6.59. The molecule has 162 valence electrons. The molecule has 1 aromatic carbocycles. The van der Waals surface area contributed by atoms with Gasteiger partial charge in [-0.05, 0) is 70.7 Å². The Bertz CT molecular complexity index is 917. The van der Waals surface area contributed by atoms with E-state index in [1.165, 1.54) is 19.3 Å². The topological polar surface area (TPSA) is 39.5 Å². The van der Waals surface area contributed by atoms with E-state index in [0.29, 0.717) is 10.9 Å². The van der Waals surface area contributed by atoms with Crippen LogP contribution in [0.4, 0.5) is 0 Å². The second-order valence-corrected chi connectivity index (χ2v) is 10.4. The van der Waals surface area contributed by atoms with E-state index in [1.807, 2.05) is 18.3 Å². The smallest absolute Gasteiger partial charge is 0.127 e. The molecule has 2 fully saturated rings. The fraction of sp³-hybridized carbons (Fsp3) is 0.625. The molecule has 2 unspecified atom stereocenters. The van der Waals surface area contributed by atoms with Gasteiger partial charge in [0.1, 0.15) is 17.2 Å². The zero-order valence-corrected chi connectivity index (χ0v) is 19.0. The van der Waals surface area contributed by atoms with Crippen LogP contribution in [-0.4, -0.2) is 46.3 Å². The average molecular weight is 430 g/mol. The number of likely N-dealkylation sites (tertiary alicyclic amines) is 1. The molecule has 30 heavy (non-hydrogen) atoms. The number of imidazole rings is 1. The predicted octanol–water partition coefficient (Wildman–Crippen LogP) is 4.88. The molecule has 5 nitrogen and oxygen atoms in total. The Morgan fingerprint density at radius 3 is 2.73 bits per heavy atom. The van der Waals surface area contributed by atoms with Gasteiger partial charge >= 0.3 is 0 Å². The number of halogens is 1. The van der Waals surface area contributed by atoms with E-state index < -0.39 is 0 Å². The number of hydrogen-bond acceptors (Lipinski definition) is 4. The monoisotopic (exact) mass is 429 g/mol. The van der Waals surface area contributed by atoms with Crippen molar-refractivity contribution in [2.45, 2.75) is 58.3 Å². The number of aromatic nitrogens is 2. The number of rotatable bonds is 3. The molecule has 6 heteroatoms. The van der Waals surface area contributed by atoms with Gasteiger partial charge in [-0.25, -0.2) is 4.98 Å². The molecule has 0 bridgehead atoms. The molecule has 0 amide bonds. The highest BCUT2D eigenvalue weighted by molar-refractivity contribution is 6.30. The van der Waals surface area contributed by atoms with Crippen molar-refractivity contribution in [1.29, 1.82) is 0 Å². The molecule has 3 aliphatic rings. The van der Waals surface area contributed by atoms with Crippen LogP contribution in [0.2, 0.25) is 5.02 Å². The average Bonchev–Trinajstić information content (AvgIpc) is 3.12. The Balaban J connectivity index is 1.25. The molecular weight excluding hydrogens is 398 g/mol. The van der Waals surface area contributed by atoms with Gasteiger partial charge in [-0.15, -0.1) is 0 Å². The lowest BCUT2D eigenvalue weighted by molar-refractivity contribution is -0.174. The molecule has 2 saturated heterocycles. The molecule has 5 rings (SSSR count). The van der Waals surface area contributed by atoms with Crippen molar-refractivity contribution in [1.82, 2.24) is 14.5 Å². The quantitative estimate of drug-likeness (QED) is 0.697. The summed E-state index contributed by atoms with van der Waals surface area (Å²) in [6.07, 6.45) is 7.63. The van der Waals surface area contributed by atoms with Gasteiger partial charge in [0.05, 0.1) is 12.7 Å². The van der Waals surface area contributed by atoms with Crippen LogP contribution in [0.3, 0.4) is 0 Å². The summed E-state index contributed by atoms with van der Waals surface area (Å²) in [4.78, 5) is 6.92. The summed E-state index contributed by atoms with van der Waals surface area (Å²) in [5.74, 6) is 2.34. The minimum absolute atomic E-state index is 0.105.